The molecule has 0 unspecified atom stereocenters. The first-order valence-corrected chi connectivity index (χ1v) is 8.09. The van der Waals surface area contributed by atoms with Crippen LogP contribution in [-0.4, -0.2) is 13.3 Å². The Kier molecular flexibility index (Phi) is 4.58. The Labute approximate surface area is 129 Å². The summed E-state index contributed by atoms with van der Waals surface area (Å²) in [7, 11) is -3.96. The van der Waals surface area contributed by atoms with E-state index in [0.717, 1.165) is 16.7 Å². The van der Waals surface area contributed by atoms with Crippen molar-refractivity contribution < 1.29 is 13.3 Å². The zero-order chi connectivity index (χ0) is 16.3. The highest BCUT2D eigenvalue weighted by Gasteiger charge is 2.24. The van der Waals surface area contributed by atoms with Crippen LogP contribution in [0.25, 0.3) is 0 Å². The molecule has 0 amide bonds. The summed E-state index contributed by atoms with van der Waals surface area (Å²) in [4.78, 5) is 9.92. The minimum absolute atomic E-state index is 0.0852. The molecule has 0 atom stereocenters. The number of benzene rings is 2. The molecule has 22 heavy (non-hydrogen) atoms. The highest BCUT2D eigenvalue weighted by molar-refractivity contribution is 7.89. The summed E-state index contributed by atoms with van der Waals surface area (Å²) in [6, 6.07) is 10.9. The summed E-state index contributed by atoms with van der Waals surface area (Å²) in [6.07, 6.45) is 0. The van der Waals surface area contributed by atoms with Crippen LogP contribution in [0.2, 0.25) is 0 Å². The fourth-order valence-corrected chi connectivity index (χ4v) is 3.27. The fourth-order valence-electron chi connectivity index (χ4n) is 2.09. The van der Waals surface area contributed by atoms with Crippen LogP contribution in [0.5, 0.6) is 0 Å². The van der Waals surface area contributed by atoms with Crippen LogP contribution in [0.3, 0.4) is 0 Å². The summed E-state index contributed by atoms with van der Waals surface area (Å²) >= 11 is 0. The molecule has 0 bridgehead atoms. The van der Waals surface area contributed by atoms with E-state index in [0.29, 0.717) is 0 Å². The van der Waals surface area contributed by atoms with E-state index < -0.39 is 20.6 Å². The van der Waals surface area contributed by atoms with E-state index in [4.69, 9.17) is 0 Å². The van der Waals surface area contributed by atoms with Gasteiger partial charge in [0.2, 0.25) is 10.0 Å². The lowest BCUT2D eigenvalue weighted by Crippen LogP contribution is -2.24. The van der Waals surface area contributed by atoms with E-state index in [1.807, 2.05) is 32.0 Å². The Hall–Kier alpha value is -2.25. The number of nitro benzene ring substituents is 1. The highest BCUT2D eigenvalue weighted by atomic mass is 32.2. The normalized spacial score (nSPS) is 11.4. The number of sulfonamides is 1. The number of hydrogen-bond acceptors (Lipinski definition) is 4. The van der Waals surface area contributed by atoms with Crippen LogP contribution in [-0.2, 0) is 16.6 Å². The van der Waals surface area contributed by atoms with Crippen molar-refractivity contribution in [2.24, 2.45) is 0 Å². The number of para-hydroxylation sites is 1. The number of rotatable bonds is 5. The minimum atomic E-state index is -3.96. The van der Waals surface area contributed by atoms with E-state index in [-0.39, 0.29) is 11.4 Å². The number of hydrogen-bond donors (Lipinski definition) is 1. The second-order valence-corrected chi connectivity index (χ2v) is 6.64. The molecule has 0 aliphatic rings. The van der Waals surface area contributed by atoms with E-state index in [1.54, 1.807) is 0 Å². The quantitative estimate of drug-likeness (QED) is 0.677. The van der Waals surface area contributed by atoms with Gasteiger partial charge in [0, 0.05) is 12.6 Å². The summed E-state index contributed by atoms with van der Waals surface area (Å²) in [6.45, 7) is 3.93. The van der Waals surface area contributed by atoms with Crippen LogP contribution >= 0.6 is 0 Å². The average Bonchev–Trinajstić information content (AvgIpc) is 2.49. The minimum Gasteiger partial charge on any atom is -0.258 e. The van der Waals surface area contributed by atoms with E-state index in [9.17, 15) is 18.5 Å². The van der Waals surface area contributed by atoms with Crippen molar-refractivity contribution >= 4 is 15.7 Å². The summed E-state index contributed by atoms with van der Waals surface area (Å²) < 4.78 is 27.0. The van der Waals surface area contributed by atoms with Gasteiger partial charge < -0.3 is 0 Å². The molecule has 0 spiro atoms. The molecule has 7 heteroatoms. The molecule has 0 aliphatic carbocycles. The third-order valence-electron chi connectivity index (χ3n) is 3.52. The van der Waals surface area contributed by atoms with Crippen molar-refractivity contribution in [1.82, 2.24) is 4.72 Å². The number of nitro groups is 1. The van der Waals surface area contributed by atoms with Crippen LogP contribution in [0.4, 0.5) is 5.69 Å². The van der Waals surface area contributed by atoms with Crippen LogP contribution < -0.4 is 4.72 Å². The van der Waals surface area contributed by atoms with Gasteiger partial charge in [-0.2, -0.15) is 0 Å². The summed E-state index contributed by atoms with van der Waals surface area (Å²) in [5, 5.41) is 11.0. The molecule has 1 N–H and O–H groups in total. The van der Waals surface area contributed by atoms with Gasteiger partial charge in [-0.15, -0.1) is 0 Å². The van der Waals surface area contributed by atoms with Gasteiger partial charge in [-0.05, 0) is 36.6 Å². The number of nitrogens with zero attached hydrogens (tertiary/aromatic N) is 1. The molecule has 6 nitrogen and oxygen atoms in total. The number of aryl methyl sites for hydroxylation is 1. The Balaban J connectivity index is 2.29. The molecule has 0 heterocycles. The van der Waals surface area contributed by atoms with Crippen LogP contribution in [0.1, 0.15) is 16.7 Å². The van der Waals surface area contributed by atoms with Gasteiger partial charge in [-0.3, -0.25) is 10.1 Å². The maximum Gasteiger partial charge on any atom is 0.289 e. The second-order valence-electron chi connectivity index (χ2n) is 4.91. The molecule has 0 fully saturated rings. The average molecular weight is 320 g/mol. The van der Waals surface area contributed by atoms with Crippen molar-refractivity contribution in [3.8, 4) is 0 Å². The largest absolute Gasteiger partial charge is 0.289 e. The smallest absolute Gasteiger partial charge is 0.258 e. The van der Waals surface area contributed by atoms with Gasteiger partial charge in [-0.1, -0.05) is 30.3 Å². The Morgan fingerprint density at radius 2 is 1.77 bits per heavy atom. The monoisotopic (exact) mass is 320 g/mol. The van der Waals surface area contributed by atoms with Crippen LogP contribution in [0.15, 0.2) is 47.4 Å². The lowest BCUT2D eigenvalue weighted by molar-refractivity contribution is -0.387. The second kappa shape index (κ2) is 6.25. The molecule has 0 aromatic heterocycles. The maximum atomic E-state index is 12.3. The highest BCUT2D eigenvalue weighted by Crippen LogP contribution is 2.23. The first-order valence-electron chi connectivity index (χ1n) is 6.61. The van der Waals surface area contributed by atoms with Gasteiger partial charge in [0.05, 0.1) is 4.92 Å². The third kappa shape index (κ3) is 3.32. The molecule has 2 aromatic rings. The van der Waals surface area contributed by atoms with Crippen molar-refractivity contribution in [1.29, 1.82) is 0 Å². The lowest BCUT2D eigenvalue weighted by Gasteiger charge is -2.10. The number of nitrogens with one attached hydrogen (secondary N) is 1. The Bertz CT molecular complexity index is 816. The SMILES string of the molecule is Cc1cccc(CNS(=O)(=O)c2ccccc2[N+](=O)[O-])c1C. The van der Waals surface area contributed by atoms with E-state index in [2.05, 4.69) is 4.72 Å². The molecule has 2 aromatic carbocycles. The van der Waals surface area contributed by atoms with Gasteiger partial charge in [-0.25, -0.2) is 13.1 Å². The first-order chi connectivity index (χ1) is 10.3. The van der Waals surface area contributed by atoms with Gasteiger partial charge in [0.15, 0.2) is 4.90 Å². The Morgan fingerprint density at radius 1 is 1.09 bits per heavy atom. The zero-order valence-corrected chi connectivity index (χ0v) is 13.1. The zero-order valence-electron chi connectivity index (χ0n) is 12.2. The van der Waals surface area contributed by atoms with Crippen molar-refractivity contribution in [2.45, 2.75) is 25.3 Å². The van der Waals surface area contributed by atoms with E-state index >= 15 is 0 Å². The van der Waals surface area contributed by atoms with Crippen molar-refractivity contribution in [3.63, 3.8) is 0 Å². The topological polar surface area (TPSA) is 89.3 Å². The molecular formula is C15H16N2O4S. The molecular weight excluding hydrogens is 304 g/mol. The molecule has 0 radical (unpaired) electrons. The van der Waals surface area contributed by atoms with E-state index in [1.165, 1.54) is 24.3 Å². The van der Waals surface area contributed by atoms with Gasteiger partial charge in [0.25, 0.3) is 5.69 Å². The predicted molar refractivity (Wildman–Crippen MR) is 83.0 cm³/mol. The van der Waals surface area contributed by atoms with Crippen LogP contribution in [0, 0.1) is 24.0 Å². The summed E-state index contributed by atoms with van der Waals surface area (Å²) in [5.41, 5.74) is 2.45. The van der Waals surface area contributed by atoms with Crippen molar-refractivity contribution in [3.05, 3.63) is 69.3 Å². The maximum absolute atomic E-state index is 12.3. The molecule has 116 valence electrons. The third-order valence-corrected chi connectivity index (χ3v) is 4.97. The first kappa shape index (κ1) is 16.1. The predicted octanol–water partition coefficient (Wildman–Crippen LogP) is 2.69. The Morgan fingerprint density at radius 3 is 2.45 bits per heavy atom. The lowest BCUT2D eigenvalue weighted by atomic mass is 10.0. The molecule has 0 aliphatic heterocycles. The fraction of sp³-hybridized carbons (Fsp3) is 0.200. The van der Waals surface area contributed by atoms with Gasteiger partial charge in [0.1, 0.15) is 0 Å². The van der Waals surface area contributed by atoms with Crippen molar-refractivity contribution in [2.75, 3.05) is 0 Å². The molecule has 0 saturated heterocycles. The molecule has 2 rings (SSSR count). The van der Waals surface area contributed by atoms with Gasteiger partial charge >= 0.3 is 0 Å². The standard InChI is InChI=1S/C15H16N2O4S/c1-11-6-5-7-13(12(11)2)10-16-22(20,21)15-9-4-3-8-14(15)17(18)19/h3-9,16H,10H2,1-2H3. The molecule has 0 saturated carbocycles. The summed E-state index contributed by atoms with van der Waals surface area (Å²) in [5.74, 6) is 0.